The summed E-state index contributed by atoms with van der Waals surface area (Å²) in [5, 5.41) is 0. The summed E-state index contributed by atoms with van der Waals surface area (Å²) < 4.78 is 54.4. The molecule has 2 aliphatic heterocycles. The second kappa shape index (κ2) is 9.11. The number of benzene rings is 1. The van der Waals surface area contributed by atoms with Gasteiger partial charge in [0.2, 0.25) is 0 Å². The summed E-state index contributed by atoms with van der Waals surface area (Å²) in [5.41, 5.74) is 0.806. The number of nitrogens with zero attached hydrogens (tertiary/aromatic N) is 1. The molecule has 4 rings (SSSR count). The number of fused-ring (bicyclic) bond motifs is 1. The quantitative estimate of drug-likeness (QED) is 0.484. The number of carbonyl (C=O) groups is 1. The maximum absolute atomic E-state index is 14.6. The van der Waals surface area contributed by atoms with Crippen molar-refractivity contribution in [2.24, 2.45) is 0 Å². The van der Waals surface area contributed by atoms with Gasteiger partial charge in [-0.05, 0) is 64.3 Å². The third-order valence-corrected chi connectivity index (χ3v) is 6.74. The topological polar surface area (TPSA) is 38.8 Å². The van der Waals surface area contributed by atoms with Gasteiger partial charge in [0, 0.05) is 24.5 Å². The highest BCUT2D eigenvalue weighted by Gasteiger charge is 2.63. The predicted molar refractivity (Wildman–Crippen MR) is 119 cm³/mol. The molecule has 1 amide bonds. The molecule has 3 aliphatic rings. The molecule has 4 nitrogen and oxygen atoms in total. The Bertz CT molecular complexity index is 1000. The van der Waals surface area contributed by atoms with Gasteiger partial charge in [-0.2, -0.15) is 0 Å². The molecule has 2 heterocycles. The molecule has 0 radical (unpaired) electrons. The SMILES string of the molecule is C/C=C\C=C(\F)C(=C(C)C)C(C)OC1CC2(C1)OC1CCC(c3cc(F)cc(F)c3)N1C2=O. The lowest BCUT2D eigenvalue weighted by Gasteiger charge is -2.43. The Morgan fingerprint density at radius 3 is 2.48 bits per heavy atom. The summed E-state index contributed by atoms with van der Waals surface area (Å²) in [6.07, 6.45) is 5.66. The van der Waals surface area contributed by atoms with Crippen LogP contribution in [-0.4, -0.2) is 34.8 Å². The van der Waals surface area contributed by atoms with E-state index >= 15 is 0 Å². The van der Waals surface area contributed by atoms with Crippen LogP contribution in [0.4, 0.5) is 13.2 Å². The van der Waals surface area contributed by atoms with Crippen LogP contribution in [0.2, 0.25) is 0 Å². The monoisotopic (exact) mass is 461 g/mol. The Morgan fingerprint density at radius 2 is 1.88 bits per heavy atom. The molecule has 0 aromatic heterocycles. The normalized spacial score (nSPS) is 30.2. The average Bonchev–Trinajstić information content (AvgIpc) is 3.23. The molecule has 2 saturated heterocycles. The van der Waals surface area contributed by atoms with Crippen molar-refractivity contribution < 1.29 is 27.4 Å². The second-order valence-electron chi connectivity index (χ2n) is 9.34. The number of allylic oxidation sites excluding steroid dienone is 4. The highest BCUT2D eigenvalue weighted by molar-refractivity contribution is 5.89. The van der Waals surface area contributed by atoms with Crippen molar-refractivity contribution in [2.45, 2.75) is 83.5 Å². The van der Waals surface area contributed by atoms with E-state index in [0.29, 0.717) is 36.8 Å². The lowest BCUT2D eigenvalue weighted by Crippen LogP contribution is -2.55. The van der Waals surface area contributed by atoms with E-state index in [-0.39, 0.29) is 17.8 Å². The fourth-order valence-electron chi connectivity index (χ4n) is 5.32. The zero-order valence-corrected chi connectivity index (χ0v) is 19.4. The Labute approximate surface area is 192 Å². The van der Waals surface area contributed by atoms with Crippen LogP contribution in [0.25, 0.3) is 0 Å². The fraction of sp³-hybridized carbons (Fsp3) is 0.500. The van der Waals surface area contributed by atoms with Gasteiger partial charge in [-0.3, -0.25) is 4.79 Å². The molecule has 1 saturated carbocycles. The third kappa shape index (κ3) is 4.41. The van der Waals surface area contributed by atoms with E-state index in [1.54, 1.807) is 24.0 Å². The zero-order valence-electron chi connectivity index (χ0n) is 19.4. The zero-order chi connectivity index (χ0) is 23.9. The molecule has 3 fully saturated rings. The Morgan fingerprint density at radius 1 is 1.21 bits per heavy atom. The van der Waals surface area contributed by atoms with Crippen LogP contribution in [0.15, 0.2) is 53.4 Å². The van der Waals surface area contributed by atoms with Crippen molar-refractivity contribution in [3.05, 3.63) is 70.6 Å². The molecule has 178 valence electrons. The summed E-state index contributed by atoms with van der Waals surface area (Å²) in [6, 6.07) is 2.97. The molecule has 7 heteroatoms. The Hall–Kier alpha value is -2.38. The smallest absolute Gasteiger partial charge is 0.257 e. The van der Waals surface area contributed by atoms with Gasteiger partial charge in [0.1, 0.15) is 23.7 Å². The average molecular weight is 462 g/mol. The number of hydrogen-bond acceptors (Lipinski definition) is 3. The number of rotatable bonds is 6. The van der Waals surface area contributed by atoms with E-state index in [1.165, 1.54) is 18.2 Å². The van der Waals surface area contributed by atoms with Crippen molar-refractivity contribution in [1.29, 1.82) is 0 Å². The fourth-order valence-corrected chi connectivity index (χ4v) is 5.32. The van der Waals surface area contributed by atoms with Gasteiger partial charge in [-0.25, -0.2) is 13.2 Å². The summed E-state index contributed by atoms with van der Waals surface area (Å²) >= 11 is 0. The van der Waals surface area contributed by atoms with Gasteiger partial charge in [-0.15, -0.1) is 0 Å². The lowest BCUT2D eigenvalue weighted by atomic mass is 9.76. The molecule has 1 aromatic carbocycles. The van der Waals surface area contributed by atoms with Gasteiger partial charge < -0.3 is 14.4 Å². The molecular formula is C26H30F3NO3. The van der Waals surface area contributed by atoms with Crippen molar-refractivity contribution in [1.82, 2.24) is 4.90 Å². The molecule has 3 atom stereocenters. The molecule has 1 aliphatic carbocycles. The lowest BCUT2D eigenvalue weighted by molar-refractivity contribution is -0.180. The van der Waals surface area contributed by atoms with E-state index in [2.05, 4.69) is 0 Å². The van der Waals surface area contributed by atoms with Crippen molar-refractivity contribution in [2.75, 3.05) is 0 Å². The second-order valence-corrected chi connectivity index (χ2v) is 9.34. The minimum absolute atomic E-state index is 0.159. The first-order valence-electron chi connectivity index (χ1n) is 11.4. The summed E-state index contributed by atoms with van der Waals surface area (Å²) in [4.78, 5) is 15.0. The molecule has 3 unspecified atom stereocenters. The van der Waals surface area contributed by atoms with Crippen LogP contribution in [0.5, 0.6) is 0 Å². The van der Waals surface area contributed by atoms with Crippen LogP contribution >= 0.6 is 0 Å². The van der Waals surface area contributed by atoms with Crippen LogP contribution in [0.1, 0.15) is 65.0 Å². The molecule has 33 heavy (non-hydrogen) atoms. The van der Waals surface area contributed by atoms with Crippen LogP contribution < -0.4 is 0 Å². The first-order chi connectivity index (χ1) is 15.6. The number of carbonyl (C=O) groups excluding carboxylic acids is 1. The van der Waals surface area contributed by atoms with Crippen molar-refractivity contribution in [3.8, 4) is 0 Å². The van der Waals surface area contributed by atoms with Crippen molar-refractivity contribution in [3.63, 3.8) is 0 Å². The summed E-state index contributed by atoms with van der Waals surface area (Å²) in [7, 11) is 0. The van der Waals surface area contributed by atoms with Crippen LogP contribution in [-0.2, 0) is 14.3 Å². The number of halogens is 3. The first-order valence-corrected chi connectivity index (χ1v) is 11.4. The van der Waals surface area contributed by atoms with E-state index in [0.717, 1.165) is 11.6 Å². The molecular weight excluding hydrogens is 431 g/mol. The molecule has 1 aromatic rings. The largest absolute Gasteiger partial charge is 0.370 e. The predicted octanol–water partition coefficient (Wildman–Crippen LogP) is 6.06. The molecule has 0 bridgehead atoms. The highest BCUT2D eigenvalue weighted by atomic mass is 19.1. The maximum Gasteiger partial charge on any atom is 0.257 e. The van der Waals surface area contributed by atoms with Crippen molar-refractivity contribution >= 4 is 5.91 Å². The van der Waals surface area contributed by atoms with Crippen LogP contribution in [0.3, 0.4) is 0 Å². The van der Waals surface area contributed by atoms with Crippen LogP contribution in [0, 0.1) is 11.6 Å². The summed E-state index contributed by atoms with van der Waals surface area (Å²) in [6.45, 7) is 7.31. The molecule has 1 spiro atoms. The van der Waals surface area contributed by atoms with Gasteiger partial charge in [-0.1, -0.05) is 17.7 Å². The van der Waals surface area contributed by atoms with E-state index in [9.17, 15) is 18.0 Å². The third-order valence-electron chi connectivity index (χ3n) is 6.74. The number of amides is 1. The maximum atomic E-state index is 14.6. The number of ether oxygens (including phenoxy) is 2. The first kappa shape index (κ1) is 23.8. The Kier molecular flexibility index (Phi) is 6.56. The van der Waals surface area contributed by atoms with E-state index < -0.39 is 35.6 Å². The number of hydrogen-bond donors (Lipinski definition) is 0. The van der Waals surface area contributed by atoms with Gasteiger partial charge in [0.25, 0.3) is 5.91 Å². The van der Waals surface area contributed by atoms with E-state index in [1.807, 2.05) is 20.8 Å². The summed E-state index contributed by atoms with van der Waals surface area (Å²) in [5.74, 6) is -1.82. The molecule has 0 N–H and O–H groups in total. The van der Waals surface area contributed by atoms with Gasteiger partial charge in [0.15, 0.2) is 5.60 Å². The minimum atomic E-state index is -0.968. The highest BCUT2D eigenvalue weighted by Crippen LogP contribution is 2.52. The van der Waals surface area contributed by atoms with Gasteiger partial charge >= 0.3 is 0 Å². The van der Waals surface area contributed by atoms with Gasteiger partial charge in [0.05, 0.1) is 18.2 Å². The Balaban J connectivity index is 1.43. The standard InChI is InChI=1S/C26H30F3NO3/c1-5-6-7-21(29)24(15(2)3)16(4)32-20-13-26(14-20)25(31)30-22(8-9-23(30)33-26)17-10-18(27)12-19(28)11-17/h5-7,10-12,16,20,22-23H,8-9,13-14H2,1-4H3/b6-5-,21-7+. The van der Waals surface area contributed by atoms with E-state index in [4.69, 9.17) is 9.47 Å². The minimum Gasteiger partial charge on any atom is -0.370 e.